The van der Waals surface area contributed by atoms with Crippen molar-refractivity contribution in [1.29, 1.82) is 5.26 Å². The number of rotatable bonds is 4. The Hall–Kier alpha value is -2.62. The van der Waals surface area contributed by atoms with E-state index < -0.39 is 0 Å². The van der Waals surface area contributed by atoms with Crippen LogP contribution in [0.25, 0.3) is 0 Å². The first-order valence-electron chi connectivity index (χ1n) is 8.74. The zero-order chi connectivity index (χ0) is 17.8. The van der Waals surface area contributed by atoms with Gasteiger partial charge in [0.25, 0.3) is 0 Å². The summed E-state index contributed by atoms with van der Waals surface area (Å²) in [6, 6.07) is 5.32. The summed E-state index contributed by atoms with van der Waals surface area (Å²) < 4.78 is 0. The summed E-state index contributed by atoms with van der Waals surface area (Å²) in [6.07, 6.45) is 6.62. The molecule has 1 aliphatic carbocycles. The van der Waals surface area contributed by atoms with Gasteiger partial charge < -0.3 is 15.1 Å². The largest absolute Gasteiger partial charge is 0.339 e. The number of nitrogens with one attached hydrogen (secondary N) is 1. The Kier molecular flexibility index (Phi) is 5.17. The van der Waals surface area contributed by atoms with Crippen LogP contribution in [0, 0.1) is 17.2 Å². The summed E-state index contributed by atoms with van der Waals surface area (Å²) in [5.41, 5.74) is 0.855. The number of pyridine rings is 1. The van der Waals surface area contributed by atoms with Gasteiger partial charge in [0.05, 0.1) is 11.9 Å². The van der Waals surface area contributed by atoms with E-state index >= 15 is 0 Å². The highest BCUT2D eigenvalue weighted by Crippen LogP contribution is 2.29. The van der Waals surface area contributed by atoms with E-state index in [1.54, 1.807) is 24.1 Å². The summed E-state index contributed by atoms with van der Waals surface area (Å²) in [5.74, 6) is 0.407. The van der Waals surface area contributed by atoms with Gasteiger partial charge in [-0.1, -0.05) is 12.8 Å². The molecule has 1 aromatic rings. The van der Waals surface area contributed by atoms with Gasteiger partial charge in [-0.25, -0.2) is 9.78 Å². The average molecular weight is 341 g/mol. The molecule has 1 N–H and O–H groups in total. The molecule has 25 heavy (non-hydrogen) atoms. The van der Waals surface area contributed by atoms with Crippen molar-refractivity contribution >= 4 is 17.6 Å². The molecule has 7 nitrogen and oxygen atoms in total. The van der Waals surface area contributed by atoms with Crippen LogP contribution in [0.5, 0.6) is 0 Å². The Morgan fingerprint density at radius 2 is 2.20 bits per heavy atom. The molecular formula is C18H23N5O2. The van der Waals surface area contributed by atoms with Crippen LogP contribution in [0.2, 0.25) is 0 Å². The molecule has 1 aliphatic heterocycles. The number of urea groups is 1. The maximum atomic E-state index is 12.3. The van der Waals surface area contributed by atoms with E-state index in [9.17, 15) is 9.59 Å². The minimum absolute atomic E-state index is 0.183. The highest BCUT2D eigenvalue weighted by atomic mass is 16.2. The van der Waals surface area contributed by atoms with E-state index in [1.165, 1.54) is 19.0 Å². The molecule has 0 spiro atoms. The molecule has 1 saturated heterocycles. The van der Waals surface area contributed by atoms with Crippen LogP contribution in [-0.2, 0) is 4.79 Å². The molecule has 132 valence electrons. The number of amides is 3. The van der Waals surface area contributed by atoms with Crippen LogP contribution in [0.4, 0.5) is 10.5 Å². The molecule has 0 unspecified atom stereocenters. The molecule has 0 radical (unpaired) electrons. The predicted molar refractivity (Wildman–Crippen MR) is 92.7 cm³/mol. The molecule has 0 bridgehead atoms. The van der Waals surface area contributed by atoms with Crippen LogP contribution in [0.15, 0.2) is 18.3 Å². The van der Waals surface area contributed by atoms with Gasteiger partial charge in [0, 0.05) is 38.5 Å². The number of hydrogen-bond donors (Lipinski definition) is 1. The zero-order valence-corrected chi connectivity index (χ0v) is 14.4. The molecule has 7 heteroatoms. The van der Waals surface area contributed by atoms with Crippen molar-refractivity contribution in [1.82, 2.24) is 14.8 Å². The lowest BCUT2D eigenvalue weighted by molar-refractivity contribution is -0.129. The van der Waals surface area contributed by atoms with Crippen LogP contribution in [0.3, 0.4) is 0 Å². The molecule has 2 aliphatic rings. The number of carbonyl (C=O) groups is 2. The van der Waals surface area contributed by atoms with Crippen molar-refractivity contribution in [3.8, 4) is 6.07 Å². The fraction of sp³-hybridized carbons (Fsp3) is 0.556. The number of nitriles is 1. The second-order valence-corrected chi connectivity index (χ2v) is 6.91. The second-order valence-electron chi connectivity index (χ2n) is 6.91. The van der Waals surface area contributed by atoms with E-state index in [0.717, 1.165) is 19.4 Å². The molecule has 3 rings (SSSR count). The smallest absolute Gasteiger partial charge is 0.321 e. The molecule has 1 atom stereocenters. The third kappa shape index (κ3) is 4.08. The van der Waals surface area contributed by atoms with Crippen molar-refractivity contribution in [3.05, 3.63) is 24.0 Å². The number of nitrogens with zero attached hydrogens (tertiary/aromatic N) is 4. The van der Waals surface area contributed by atoms with Crippen LogP contribution in [-0.4, -0.2) is 52.9 Å². The normalized spacial score (nSPS) is 20.6. The van der Waals surface area contributed by atoms with Gasteiger partial charge in [0.2, 0.25) is 5.91 Å². The highest BCUT2D eigenvalue weighted by Gasteiger charge is 2.36. The first-order valence-corrected chi connectivity index (χ1v) is 8.74. The van der Waals surface area contributed by atoms with Crippen molar-refractivity contribution in [2.24, 2.45) is 5.92 Å². The number of anilines is 1. The minimum atomic E-state index is -0.238. The highest BCUT2D eigenvalue weighted by molar-refractivity contribution is 5.89. The first-order chi connectivity index (χ1) is 12.1. The lowest BCUT2D eigenvalue weighted by Gasteiger charge is -2.25. The van der Waals surface area contributed by atoms with E-state index in [0.29, 0.717) is 30.4 Å². The maximum Gasteiger partial charge on any atom is 0.321 e. The van der Waals surface area contributed by atoms with E-state index in [2.05, 4.69) is 10.3 Å². The zero-order valence-electron chi connectivity index (χ0n) is 14.4. The Morgan fingerprint density at radius 3 is 2.84 bits per heavy atom. The quantitative estimate of drug-likeness (QED) is 0.909. The number of aromatic nitrogens is 1. The van der Waals surface area contributed by atoms with Gasteiger partial charge in [-0.3, -0.25) is 4.79 Å². The van der Waals surface area contributed by atoms with Crippen LogP contribution in [0.1, 0.15) is 37.8 Å². The number of likely N-dealkylation sites (tertiary alicyclic amines) is 1. The van der Waals surface area contributed by atoms with Crippen LogP contribution < -0.4 is 5.32 Å². The lowest BCUT2D eigenvalue weighted by Crippen LogP contribution is -2.37. The fourth-order valence-electron chi connectivity index (χ4n) is 3.72. The summed E-state index contributed by atoms with van der Waals surface area (Å²) >= 11 is 0. The van der Waals surface area contributed by atoms with E-state index in [1.807, 2.05) is 11.0 Å². The van der Waals surface area contributed by atoms with Crippen molar-refractivity contribution in [2.45, 2.75) is 38.1 Å². The van der Waals surface area contributed by atoms with Gasteiger partial charge in [0.15, 0.2) is 0 Å². The molecule has 0 aromatic carbocycles. The number of hydrogen-bond acceptors (Lipinski definition) is 4. The molecule has 1 aromatic heterocycles. The minimum Gasteiger partial charge on any atom is -0.339 e. The summed E-state index contributed by atoms with van der Waals surface area (Å²) in [5, 5.41) is 11.5. The van der Waals surface area contributed by atoms with Crippen molar-refractivity contribution in [3.63, 3.8) is 0 Å². The van der Waals surface area contributed by atoms with Gasteiger partial charge in [0.1, 0.15) is 11.8 Å². The number of carbonyl (C=O) groups excluding carboxylic acids is 2. The Labute approximate surface area is 147 Å². The summed E-state index contributed by atoms with van der Waals surface area (Å²) in [4.78, 5) is 32.1. The Balaban J connectivity index is 1.51. The van der Waals surface area contributed by atoms with Gasteiger partial charge >= 0.3 is 6.03 Å². The maximum absolute atomic E-state index is 12.3. The Bertz CT molecular complexity index is 676. The van der Waals surface area contributed by atoms with Crippen LogP contribution >= 0.6 is 0 Å². The predicted octanol–water partition coefficient (Wildman–Crippen LogP) is 2.21. The van der Waals surface area contributed by atoms with E-state index in [4.69, 9.17) is 5.26 Å². The lowest BCUT2D eigenvalue weighted by atomic mass is 10.1. The van der Waals surface area contributed by atoms with E-state index in [-0.39, 0.29) is 17.9 Å². The SMILES string of the molecule is CN(C[C@@H]1CC(=O)N(C2CCCC2)C1)C(=O)Nc1ccc(C#N)nc1. The van der Waals surface area contributed by atoms with Gasteiger partial charge in [-0.2, -0.15) is 5.26 Å². The molecule has 3 amide bonds. The molecule has 1 saturated carbocycles. The molecule has 2 heterocycles. The fourth-order valence-corrected chi connectivity index (χ4v) is 3.72. The summed E-state index contributed by atoms with van der Waals surface area (Å²) in [6.45, 7) is 1.30. The molecule has 2 fully saturated rings. The monoisotopic (exact) mass is 341 g/mol. The van der Waals surface area contributed by atoms with Crippen molar-refractivity contribution in [2.75, 3.05) is 25.5 Å². The van der Waals surface area contributed by atoms with Gasteiger partial charge in [-0.15, -0.1) is 0 Å². The Morgan fingerprint density at radius 1 is 1.44 bits per heavy atom. The first kappa shape index (κ1) is 17.2. The molecular weight excluding hydrogens is 318 g/mol. The average Bonchev–Trinajstić information content (AvgIpc) is 3.25. The second kappa shape index (κ2) is 7.51. The third-order valence-electron chi connectivity index (χ3n) is 5.01. The topological polar surface area (TPSA) is 89.3 Å². The van der Waals surface area contributed by atoms with Gasteiger partial charge in [-0.05, 0) is 25.0 Å². The summed E-state index contributed by atoms with van der Waals surface area (Å²) in [7, 11) is 1.73. The van der Waals surface area contributed by atoms with Crippen molar-refractivity contribution < 1.29 is 9.59 Å². The third-order valence-corrected chi connectivity index (χ3v) is 5.01. The standard InChI is InChI=1S/C18H23N5O2/c1-22(18(25)21-15-7-6-14(9-19)20-10-15)11-13-8-17(24)23(12-13)16-4-2-3-5-16/h6-7,10,13,16H,2-5,8,11-12H2,1H3,(H,21,25)/t13-/m0/s1.